The Bertz CT molecular complexity index is 364. The van der Waals surface area contributed by atoms with Gasteiger partial charge in [0.1, 0.15) is 5.75 Å². The molecule has 1 heterocycles. The lowest BCUT2D eigenvalue weighted by atomic mass is 9.94. The van der Waals surface area contributed by atoms with Crippen LogP contribution in [0.15, 0.2) is 24.3 Å². The van der Waals surface area contributed by atoms with Crippen molar-refractivity contribution in [3.8, 4) is 5.75 Å². The maximum absolute atomic E-state index is 5.52. The number of para-hydroxylation sites is 1. The minimum absolute atomic E-state index is 0.557. The number of methoxy groups -OCH3 is 1. The van der Waals surface area contributed by atoms with E-state index in [4.69, 9.17) is 4.74 Å². The molecule has 0 N–H and O–H groups in total. The Hall–Kier alpha value is -1.02. The fraction of sp³-hybridized carbons (Fsp3) is 0.625. The van der Waals surface area contributed by atoms with Crippen LogP contribution in [0.5, 0.6) is 5.75 Å². The lowest BCUT2D eigenvalue weighted by Gasteiger charge is -2.36. The summed E-state index contributed by atoms with van der Waals surface area (Å²) in [7, 11) is 1.78. The number of hydrogen-bond acceptors (Lipinski definition) is 2. The molecule has 0 bridgehead atoms. The fourth-order valence-corrected chi connectivity index (χ4v) is 2.91. The molecule has 18 heavy (non-hydrogen) atoms. The molecule has 0 radical (unpaired) electrons. The van der Waals surface area contributed by atoms with Crippen molar-refractivity contribution in [2.45, 2.75) is 45.1 Å². The Morgan fingerprint density at radius 1 is 1.28 bits per heavy atom. The SMILES string of the molecule is CCCCN1CCCC[C@H]1c1ccccc1OC. The summed E-state index contributed by atoms with van der Waals surface area (Å²) in [5.41, 5.74) is 1.37. The van der Waals surface area contributed by atoms with E-state index in [1.54, 1.807) is 7.11 Å². The van der Waals surface area contributed by atoms with Crippen LogP contribution >= 0.6 is 0 Å². The topological polar surface area (TPSA) is 12.5 Å². The van der Waals surface area contributed by atoms with Gasteiger partial charge in [-0.15, -0.1) is 0 Å². The van der Waals surface area contributed by atoms with Crippen LogP contribution in [0.2, 0.25) is 0 Å². The highest BCUT2D eigenvalue weighted by molar-refractivity contribution is 5.36. The van der Waals surface area contributed by atoms with E-state index in [0.717, 1.165) is 5.75 Å². The number of nitrogens with zero attached hydrogens (tertiary/aromatic N) is 1. The van der Waals surface area contributed by atoms with Crippen molar-refractivity contribution in [1.82, 2.24) is 4.90 Å². The number of piperidine rings is 1. The summed E-state index contributed by atoms with van der Waals surface area (Å²) in [5.74, 6) is 1.05. The molecule has 1 aliphatic rings. The second-order valence-electron chi connectivity index (χ2n) is 5.14. The minimum atomic E-state index is 0.557. The molecule has 0 spiro atoms. The number of unbranched alkanes of at least 4 members (excludes halogenated alkanes) is 1. The number of hydrogen-bond donors (Lipinski definition) is 0. The first-order valence-electron chi connectivity index (χ1n) is 7.23. The van der Waals surface area contributed by atoms with E-state index in [-0.39, 0.29) is 0 Å². The fourth-order valence-electron chi connectivity index (χ4n) is 2.91. The smallest absolute Gasteiger partial charge is 0.123 e. The lowest BCUT2D eigenvalue weighted by Crippen LogP contribution is -2.34. The van der Waals surface area contributed by atoms with Crippen molar-refractivity contribution < 1.29 is 4.74 Å². The van der Waals surface area contributed by atoms with Gasteiger partial charge in [-0.1, -0.05) is 38.0 Å². The van der Waals surface area contributed by atoms with Gasteiger partial charge < -0.3 is 4.74 Å². The van der Waals surface area contributed by atoms with E-state index in [2.05, 4.69) is 36.1 Å². The molecule has 1 saturated heterocycles. The van der Waals surface area contributed by atoms with E-state index in [1.807, 2.05) is 0 Å². The minimum Gasteiger partial charge on any atom is -0.496 e. The number of ether oxygens (including phenoxy) is 1. The average Bonchev–Trinajstić information content (AvgIpc) is 2.45. The molecule has 2 nitrogen and oxygen atoms in total. The summed E-state index contributed by atoms with van der Waals surface area (Å²) in [6.07, 6.45) is 6.52. The van der Waals surface area contributed by atoms with E-state index in [0.29, 0.717) is 6.04 Å². The van der Waals surface area contributed by atoms with Gasteiger partial charge in [0.25, 0.3) is 0 Å². The van der Waals surface area contributed by atoms with E-state index < -0.39 is 0 Å². The Morgan fingerprint density at radius 3 is 2.89 bits per heavy atom. The highest BCUT2D eigenvalue weighted by Gasteiger charge is 2.25. The number of rotatable bonds is 5. The summed E-state index contributed by atoms with van der Waals surface area (Å²) in [6.45, 7) is 4.73. The highest BCUT2D eigenvalue weighted by atomic mass is 16.5. The first-order chi connectivity index (χ1) is 8.86. The lowest BCUT2D eigenvalue weighted by molar-refractivity contribution is 0.144. The van der Waals surface area contributed by atoms with Crippen molar-refractivity contribution in [3.63, 3.8) is 0 Å². The zero-order valence-corrected chi connectivity index (χ0v) is 11.7. The van der Waals surface area contributed by atoms with Gasteiger partial charge in [0.15, 0.2) is 0 Å². The van der Waals surface area contributed by atoms with Crippen molar-refractivity contribution >= 4 is 0 Å². The molecule has 1 atom stereocenters. The van der Waals surface area contributed by atoms with Gasteiger partial charge in [0, 0.05) is 11.6 Å². The summed E-state index contributed by atoms with van der Waals surface area (Å²) in [5, 5.41) is 0. The molecule has 100 valence electrons. The van der Waals surface area contributed by atoms with Gasteiger partial charge in [-0.25, -0.2) is 0 Å². The molecule has 0 unspecified atom stereocenters. The second-order valence-corrected chi connectivity index (χ2v) is 5.14. The molecule has 1 fully saturated rings. The van der Waals surface area contributed by atoms with Gasteiger partial charge in [-0.2, -0.15) is 0 Å². The molecule has 0 aromatic heterocycles. The van der Waals surface area contributed by atoms with Gasteiger partial charge >= 0.3 is 0 Å². The predicted molar refractivity (Wildman–Crippen MR) is 76.1 cm³/mol. The van der Waals surface area contributed by atoms with E-state index in [9.17, 15) is 0 Å². The highest BCUT2D eigenvalue weighted by Crippen LogP contribution is 2.35. The van der Waals surface area contributed by atoms with Gasteiger partial charge in [-0.05, 0) is 38.4 Å². The zero-order chi connectivity index (χ0) is 12.8. The monoisotopic (exact) mass is 247 g/mol. The Balaban J connectivity index is 2.16. The first-order valence-corrected chi connectivity index (χ1v) is 7.23. The molecule has 1 aliphatic heterocycles. The Kier molecular flexibility index (Phi) is 5.06. The predicted octanol–water partition coefficient (Wildman–Crippen LogP) is 4.02. The van der Waals surface area contributed by atoms with Crippen LogP contribution in [0.4, 0.5) is 0 Å². The molecule has 1 aromatic carbocycles. The first kappa shape index (κ1) is 13.4. The normalized spacial score (nSPS) is 20.9. The van der Waals surface area contributed by atoms with Crippen LogP contribution in [0, 0.1) is 0 Å². The largest absolute Gasteiger partial charge is 0.496 e. The third-order valence-electron chi connectivity index (χ3n) is 3.91. The molecular formula is C16H25NO. The summed E-state index contributed by atoms with van der Waals surface area (Å²) in [4.78, 5) is 2.64. The van der Waals surface area contributed by atoms with E-state index in [1.165, 1.54) is 50.8 Å². The third kappa shape index (κ3) is 3.05. The molecule has 0 amide bonds. The van der Waals surface area contributed by atoms with Crippen molar-refractivity contribution in [3.05, 3.63) is 29.8 Å². The number of likely N-dealkylation sites (tertiary alicyclic amines) is 1. The maximum Gasteiger partial charge on any atom is 0.123 e. The molecule has 0 aliphatic carbocycles. The summed E-state index contributed by atoms with van der Waals surface area (Å²) >= 11 is 0. The van der Waals surface area contributed by atoms with Gasteiger partial charge in [0.05, 0.1) is 7.11 Å². The van der Waals surface area contributed by atoms with Crippen LogP contribution in [0.1, 0.15) is 50.6 Å². The molecular weight excluding hydrogens is 222 g/mol. The summed E-state index contributed by atoms with van der Waals surface area (Å²) < 4.78 is 5.52. The van der Waals surface area contributed by atoms with Crippen LogP contribution in [-0.2, 0) is 0 Å². The summed E-state index contributed by atoms with van der Waals surface area (Å²) in [6, 6.07) is 9.06. The Labute approximate surface area is 111 Å². The number of benzene rings is 1. The van der Waals surface area contributed by atoms with Crippen LogP contribution in [-0.4, -0.2) is 25.1 Å². The standard InChI is InChI=1S/C16H25NO/c1-3-4-12-17-13-8-7-10-15(17)14-9-5-6-11-16(14)18-2/h5-6,9,11,15H,3-4,7-8,10,12-13H2,1-2H3/t15-/m0/s1. The van der Waals surface area contributed by atoms with Crippen molar-refractivity contribution in [2.24, 2.45) is 0 Å². The second kappa shape index (κ2) is 6.79. The van der Waals surface area contributed by atoms with Crippen LogP contribution < -0.4 is 4.74 Å². The maximum atomic E-state index is 5.52. The van der Waals surface area contributed by atoms with Gasteiger partial charge in [0.2, 0.25) is 0 Å². The Morgan fingerprint density at radius 2 is 2.11 bits per heavy atom. The van der Waals surface area contributed by atoms with Gasteiger partial charge in [-0.3, -0.25) is 4.90 Å². The van der Waals surface area contributed by atoms with Crippen LogP contribution in [0.25, 0.3) is 0 Å². The molecule has 2 heteroatoms. The quantitative estimate of drug-likeness (QED) is 0.779. The van der Waals surface area contributed by atoms with Crippen molar-refractivity contribution in [1.29, 1.82) is 0 Å². The third-order valence-corrected chi connectivity index (χ3v) is 3.91. The van der Waals surface area contributed by atoms with E-state index >= 15 is 0 Å². The van der Waals surface area contributed by atoms with Crippen molar-refractivity contribution in [2.75, 3.05) is 20.2 Å². The zero-order valence-electron chi connectivity index (χ0n) is 11.7. The average molecular weight is 247 g/mol. The molecule has 1 aromatic rings. The molecule has 0 saturated carbocycles. The van der Waals surface area contributed by atoms with Crippen LogP contribution in [0.3, 0.4) is 0 Å². The molecule has 2 rings (SSSR count).